The van der Waals surface area contributed by atoms with Crippen LogP contribution in [-0.2, 0) is 16.0 Å². The van der Waals surface area contributed by atoms with E-state index in [0.29, 0.717) is 13.0 Å². The molecule has 0 radical (unpaired) electrons. The molecule has 0 spiro atoms. The summed E-state index contributed by atoms with van der Waals surface area (Å²) in [4.78, 5) is 36.5. The van der Waals surface area contributed by atoms with E-state index < -0.39 is 30.4 Å². The minimum Gasteiger partial charge on any atom is -0.481 e. The van der Waals surface area contributed by atoms with Crippen molar-refractivity contribution in [2.75, 3.05) is 6.54 Å². The van der Waals surface area contributed by atoms with Crippen LogP contribution in [0.5, 0.6) is 0 Å². The van der Waals surface area contributed by atoms with Gasteiger partial charge in [0.05, 0.1) is 11.4 Å². The first-order chi connectivity index (χ1) is 8.99. The van der Waals surface area contributed by atoms with E-state index >= 15 is 0 Å². The number of nitrogens with zero attached hydrogens (tertiary/aromatic N) is 1. The van der Waals surface area contributed by atoms with Gasteiger partial charge in [-0.1, -0.05) is 0 Å². The van der Waals surface area contributed by atoms with E-state index in [1.165, 1.54) is 11.3 Å². The molecule has 104 valence electrons. The normalized spacial score (nSPS) is 11.6. The molecule has 1 atom stereocenters. The summed E-state index contributed by atoms with van der Waals surface area (Å²) in [6.07, 6.45) is 1.50. The number of urea groups is 1. The number of aromatic nitrogens is 1. The van der Waals surface area contributed by atoms with Gasteiger partial charge in [-0.15, -0.1) is 11.3 Å². The summed E-state index contributed by atoms with van der Waals surface area (Å²) in [7, 11) is 0. The topological polar surface area (TPSA) is 129 Å². The summed E-state index contributed by atoms with van der Waals surface area (Å²) in [6.45, 7) is 0.290. The molecule has 0 aliphatic carbocycles. The summed E-state index contributed by atoms with van der Waals surface area (Å²) in [5.41, 5.74) is 0. The lowest BCUT2D eigenvalue weighted by molar-refractivity contribution is -0.145. The standard InChI is InChI=1S/C10H13N3O5S/c14-8(15)5-6(9(16)17)13-10(18)12-2-1-7-11-3-4-19-7/h3-4,6H,1-2,5H2,(H,14,15)(H,16,17)(H2,12,13,18)/t6-/m0/s1. The molecular formula is C10H13N3O5S. The van der Waals surface area contributed by atoms with E-state index in [1.807, 2.05) is 5.38 Å². The number of carbonyl (C=O) groups is 3. The van der Waals surface area contributed by atoms with Crippen LogP contribution in [0.1, 0.15) is 11.4 Å². The molecule has 2 amide bonds. The van der Waals surface area contributed by atoms with Gasteiger partial charge in [0, 0.05) is 24.5 Å². The molecule has 1 aromatic rings. The van der Waals surface area contributed by atoms with E-state index in [4.69, 9.17) is 10.2 Å². The zero-order chi connectivity index (χ0) is 14.3. The van der Waals surface area contributed by atoms with Crippen LogP contribution in [0.15, 0.2) is 11.6 Å². The summed E-state index contributed by atoms with van der Waals surface area (Å²) in [5, 5.41) is 24.4. The van der Waals surface area contributed by atoms with Crippen molar-refractivity contribution in [1.29, 1.82) is 0 Å². The monoisotopic (exact) mass is 287 g/mol. The third kappa shape index (κ3) is 5.82. The van der Waals surface area contributed by atoms with Gasteiger partial charge in [0.2, 0.25) is 0 Å². The molecule has 0 unspecified atom stereocenters. The number of hydrogen-bond donors (Lipinski definition) is 4. The Bertz CT molecular complexity index is 448. The molecule has 0 aliphatic heterocycles. The fourth-order valence-electron chi connectivity index (χ4n) is 1.24. The highest BCUT2D eigenvalue weighted by Gasteiger charge is 2.22. The van der Waals surface area contributed by atoms with E-state index in [1.54, 1.807) is 6.20 Å². The van der Waals surface area contributed by atoms with E-state index in [2.05, 4.69) is 15.6 Å². The molecule has 0 saturated carbocycles. The molecule has 0 saturated heterocycles. The number of thiazole rings is 1. The van der Waals surface area contributed by atoms with Crippen LogP contribution in [0.2, 0.25) is 0 Å². The number of nitrogens with one attached hydrogen (secondary N) is 2. The van der Waals surface area contributed by atoms with Crippen molar-refractivity contribution >= 4 is 29.3 Å². The number of aliphatic carboxylic acids is 2. The molecule has 0 fully saturated rings. The second-order valence-electron chi connectivity index (χ2n) is 3.56. The molecule has 8 nitrogen and oxygen atoms in total. The fourth-order valence-corrected chi connectivity index (χ4v) is 1.86. The number of carboxylic acids is 2. The molecule has 4 N–H and O–H groups in total. The largest absolute Gasteiger partial charge is 0.481 e. The third-order valence-electron chi connectivity index (χ3n) is 2.09. The highest BCUT2D eigenvalue weighted by molar-refractivity contribution is 7.09. The van der Waals surface area contributed by atoms with E-state index in [0.717, 1.165) is 5.01 Å². The van der Waals surface area contributed by atoms with Crippen molar-refractivity contribution in [1.82, 2.24) is 15.6 Å². The average molecular weight is 287 g/mol. The van der Waals surface area contributed by atoms with Crippen molar-refractivity contribution < 1.29 is 24.6 Å². The van der Waals surface area contributed by atoms with Crippen LogP contribution in [0.3, 0.4) is 0 Å². The van der Waals surface area contributed by atoms with Crippen molar-refractivity contribution in [2.24, 2.45) is 0 Å². The smallest absolute Gasteiger partial charge is 0.326 e. The van der Waals surface area contributed by atoms with Crippen molar-refractivity contribution in [3.63, 3.8) is 0 Å². The average Bonchev–Trinajstić information content (AvgIpc) is 2.80. The van der Waals surface area contributed by atoms with E-state index in [9.17, 15) is 14.4 Å². The molecule has 0 bridgehead atoms. The SMILES string of the molecule is O=C(O)C[C@H](NC(=O)NCCc1nccs1)C(=O)O. The molecule has 0 aromatic carbocycles. The number of carboxylic acid groups (broad SMARTS) is 2. The van der Waals surface area contributed by atoms with Crippen LogP contribution < -0.4 is 10.6 Å². The summed E-state index contributed by atoms with van der Waals surface area (Å²) < 4.78 is 0. The van der Waals surface area contributed by atoms with Gasteiger partial charge >= 0.3 is 18.0 Å². The van der Waals surface area contributed by atoms with Crippen molar-refractivity contribution in [2.45, 2.75) is 18.9 Å². The summed E-state index contributed by atoms with van der Waals surface area (Å²) >= 11 is 1.45. The van der Waals surface area contributed by atoms with Crippen LogP contribution in [0.4, 0.5) is 4.79 Å². The Labute approximate surface area is 112 Å². The molecule has 1 aromatic heterocycles. The number of hydrogen-bond acceptors (Lipinski definition) is 5. The first kappa shape index (κ1) is 14.9. The highest BCUT2D eigenvalue weighted by Crippen LogP contribution is 2.03. The van der Waals surface area contributed by atoms with Gasteiger partial charge in [0.1, 0.15) is 6.04 Å². The maximum atomic E-state index is 11.4. The van der Waals surface area contributed by atoms with E-state index in [-0.39, 0.29) is 0 Å². The third-order valence-corrected chi connectivity index (χ3v) is 2.93. The Morgan fingerprint density at radius 2 is 2.11 bits per heavy atom. The van der Waals surface area contributed by atoms with Crippen LogP contribution in [-0.4, -0.2) is 45.8 Å². The predicted octanol–water partition coefficient (Wildman–Crippen LogP) is -0.0873. The Hall–Kier alpha value is -2.16. The van der Waals surface area contributed by atoms with Gasteiger partial charge in [-0.2, -0.15) is 0 Å². The Kier molecular flexibility index (Phi) is 5.73. The number of rotatable bonds is 7. The van der Waals surface area contributed by atoms with Gasteiger partial charge < -0.3 is 20.8 Å². The Morgan fingerprint density at radius 1 is 1.37 bits per heavy atom. The van der Waals surface area contributed by atoms with Crippen LogP contribution in [0.25, 0.3) is 0 Å². The molecule has 19 heavy (non-hydrogen) atoms. The summed E-state index contributed by atoms with van der Waals surface area (Å²) in [5.74, 6) is -2.69. The lowest BCUT2D eigenvalue weighted by Gasteiger charge is -2.12. The quantitative estimate of drug-likeness (QED) is 0.555. The van der Waals surface area contributed by atoms with Crippen LogP contribution >= 0.6 is 11.3 Å². The fraction of sp³-hybridized carbons (Fsp3) is 0.400. The van der Waals surface area contributed by atoms with Gasteiger partial charge in [-0.3, -0.25) is 4.79 Å². The minimum atomic E-state index is -1.45. The second kappa shape index (κ2) is 7.31. The molecule has 9 heteroatoms. The first-order valence-corrected chi connectivity index (χ1v) is 6.24. The highest BCUT2D eigenvalue weighted by atomic mass is 32.1. The Morgan fingerprint density at radius 3 is 2.63 bits per heavy atom. The van der Waals surface area contributed by atoms with Gasteiger partial charge in [0.15, 0.2) is 0 Å². The zero-order valence-electron chi connectivity index (χ0n) is 9.83. The molecular weight excluding hydrogens is 274 g/mol. The number of amides is 2. The predicted molar refractivity (Wildman–Crippen MR) is 66.0 cm³/mol. The molecule has 1 heterocycles. The molecule has 1 rings (SSSR count). The second-order valence-corrected chi connectivity index (χ2v) is 4.54. The van der Waals surface area contributed by atoms with Gasteiger partial charge in [-0.25, -0.2) is 14.6 Å². The zero-order valence-corrected chi connectivity index (χ0v) is 10.6. The van der Waals surface area contributed by atoms with Crippen LogP contribution in [0, 0.1) is 0 Å². The lowest BCUT2D eigenvalue weighted by Crippen LogP contribution is -2.47. The molecule has 0 aliphatic rings. The van der Waals surface area contributed by atoms with Gasteiger partial charge in [0.25, 0.3) is 0 Å². The maximum absolute atomic E-state index is 11.4. The first-order valence-electron chi connectivity index (χ1n) is 5.36. The maximum Gasteiger partial charge on any atom is 0.326 e. The van der Waals surface area contributed by atoms with Crippen molar-refractivity contribution in [3.05, 3.63) is 16.6 Å². The number of carbonyl (C=O) groups excluding carboxylic acids is 1. The summed E-state index contributed by atoms with van der Waals surface area (Å²) in [6, 6.07) is -2.16. The van der Waals surface area contributed by atoms with Gasteiger partial charge in [-0.05, 0) is 0 Å². The van der Waals surface area contributed by atoms with Crippen molar-refractivity contribution in [3.8, 4) is 0 Å². The Balaban J connectivity index is 2.32. The lowest BCUT2D eigenvalue weighted by atomic mass is 10.2. The minimum absolute atomic E-state index is 0.290.